The molecule has 0 aromatic carbocycles. The average molecular weight is 842 g/mol. The summed E-state index contributed by atoms with van der Waals surface area (Å²) in [7, 11) is 0. The number of fused-ring (bicyclic) bond motifs is 10. The molecule has 5 N–H and O–H groups in total. The van der Waals surface area contributed by atoms with E-state index in [0.29, 0.717) is 67.0 Å². The summed E-state index contributed by atoms with van der Waals surface area (Å²) in [5, 5.41) is 51.1. The zero-order valence-electron chi connectivity index (χ0n) is 41.6. The molecule has 0 aliphatic heterocycles. The fourth-order valence-corrected chi connectivity index (χ4v) is 18.0. The van der Waals surface area contributed by atoms with Crippen LogP contribution in [0.3, 0.4) is 0 Å². The van der Waals surface area contributed by atoms with E-state index in [1.54, 1.807) is 0 Å². The number of aliphatic carboxylic acids is 2. The van der Waals surface area contributed by atoms with Crippen LogP contribution in [-0.2, 0) is 14.4 Å². The van der Waals surface area contributed by atoms with Gasteiger partial charge in [0.15, 0.2) is 0 Å². The zero-order valence-corrected chi connectivity index (χ0v) is 38.6. The summed E-state index contributed by atoms with van der Waals surface area (Å²) in [5.41, 5.74) is 0.126. The van der Waals surface area contributed by atoms with Crippen LogP contribution in [0.5, 0.6) is 0 Å². The number of carboxylic acids is 2. The molecule has 8 aliphatic carbocycles. The second-order valence-corrected chi connectivity index (χ2v) is 23.4. The van der Waals surface area contributed by atoms with Gasteiger partial charge in [-0.3, -0.25) is 14.4 Å². The number of carbonyl (C=O) groups excluding carboxylic acids is 1. The van der Waals surface area contributed by atoms with Gasteiger partial charge in [-0.1, -0.05) is 61.8 Å². The van der Waals surface area contributed by atoms with Crippen molar-refractivity contribution in [3.05, 3.63) is 0 Å². The lowest BCUT2D eigenvalue weighted by atomic mass is 9.41. The van der Waals surface area contributed by atoms with E-state index in [1.165, 1.54) is 0 Å². The molecule has 8 rings (SSSR count). The predicted molar refractivity (Wildman–Crippen MR) is 235 cm³/mol. The first kappa shape index (κ1) is 42.4. The van der Waals surface area contributed by atoms with Gasteiger partial charge in [-0.25, -0.2) is 0 Å². The number of aliphatic hydroxyl groups is 3. The average Bonchev–Trinajstić information content (AvgIpc) is 3.74. The third-order valence-corrected chi connectivity index (χ3v) is 21.1. The Morgan fingerprint density at radius 1 is 0.633 bits per heavy atom. The maximum Gasteiger partial charge on any atom is 0.303 e. The smallest absolute Gasteiger partial charge is 0.303 e. The Hall–Kier alpha value is -1.51. The molecule has 8 heteroatoms. The first-order valence-electron chi connectivity index (χ1n) is 26.4. The van der Waals surface area contributed by atoms with Crippen molar-refractivity contribution in [3.8, 4) is 0 Å². The molecule has 0 amide bonds. The summed E-state index contributed by atoms with van der Waals surface area (Å²) in [5.74, 6) is 1.02. The number of ketones is 1. The van der Waals surface area contributed by atoms with Crippen molar-refractivity contribution in [3.63, 3.8) is 0 Å². The van der Waals surface area contributed by atoms with Crippen LogP contribution in [0.4, 0.5) is 0 Å². The Morgan fingerprint density at radius 3 is 1.58 bits per heavy atom. The number of rotatable bonds is 10. The summed E-state index contributed by atoms with van der Waals surface area (Å²) < 4.78 is 26.5. The highest BCUT2D eigenvalue weighted by Gasteiger charge is 2.67. The van der Waals surface area contributed by atoms with E-state index in [9.17, 15) is 31.1 Å². The van der Waals surface area contributed by atoms with Gasteiger partial charge in [-0.2, -0.15) is 0 Å². The molecule has 0 radical (unpaired) electrons. The number of carboxylic acid groups (broad SMARTS) is 2. The molecule has 0 heterocycles. The zero-order chi connectivity index (χ0) is 46.4. The molecule has 8 fully saturated rings. The van der Waals surface area contributed by atoms with E-state index >= 15 is 0 Å². The van der Waals surface area contributed by atoms with Crippen LogP contribution in [0.15, 0.2) is 0 Å². The van der Waals surface area contributed by atoms with Crippen LogP contribution in [0.1, 0.15) is 188 Å². The van der Waals surface area contributed by atoms with Crippen LogP contribution < -0.4 is 0 Å². The highest BCUT2D eigenvalue weighted by molar-refractivity contribution is 5.86. The van der Waals surface area contributed by atoms with Crippen LogP contribution in [-0.4, -0.2) is 61.5 Å². The molecule has 23 atom stereocenters. The molecule has 0 spiro atoms. The van der Waals surface area contributed by atoms with Crippen LogP contribution in [0, 0.1) is 105 Å². The minimum absolute atomic E-state index is 0.0125. The SMILES string of the molecule is [2H]C(C)[C@@H]1[C@@H]2C[C@H](O)CC[C@]2(C)[C@H]2CC[C@]3(C)[C@@H]([C@H](C)CCC(=O)O)CC[C@H]3[C@@H]2[C@]1([2H])O.[2H]C(C)[C@H]1C(=O)[C@@H]2[C@H](CC[C@]3(C)[C@@H]([C@H](C)CCC(=O)O)CC[C@@H]23)[C@@]2(C)CC[C@@H](O)C[C@@H]12. The van der Waals surface area contributed by atoms with Crippen molar-refractivity contribution in [2.24, 2.45) is 105 Å². The molecule has 8 saturated carbocycles. The third-order valence-electron chi connectivity index (χ3n) is 21.1. The molecular weight excluding hydrogens is 753 g/mol. The molecule has 0 saturated heterocycles. The Labute approximate surface area is 367 Å². The minimum atomic E-state index is -1.65. The standard InChI is InChI=1S/C26H44O4.C26H42O4/c2*1-5-17-21-14-16(27)10-12-26(21,4)20-11-13-25(3)18(15(2)6-9-22(28)29)7-8-19(25)23(20)24(17)30/h15-21,23-24,27,30H,5-14H2,1-4H3,(H,28,29);15-21,23,27H,5-14H2,1-4H3,(H,28,29)/t15-,16-,17-,18-,19+,20+,21+,23+,24-,25-,26-;15-,16-,17-,18-,19+,20+,21+,23+,25-,26-/m11/s1/i5D,24D;5D/t5?,15-,16-,17-,18-,19+,20+,21+,23+,24-,25-,26-;5?,15-,16-,17-,18-,19+,20+,21+,23+,25-,26-. The lowest BCUT2D eigenvalue weighted by Crippen LogP contribution is -2.62. The van der Waals surface area contributed by atoms with E-state index in [4.69, 9.17) is 13.0 Å². The lowest BCUT2D eigenvalue weighted by molar-refractivity contribution is -0.203. The van der Waals surface area contributed by atoms with Crippen molar-refractivity contribution in [1.82, 2.24) is 0 Å². The van der Waals surface area contributed by atoms with Gasteiger partial charge in [0.05, 0.1) is 19.7 Å². The van der Waals surface area contributed by atoms with E-state index in [-0.39, 0.29) is 88.1 Å². The van der Waals surface area contributed by atoms with Gasteiger partial charge >= 0.3 is 11.9 Å². The summed E-state index contributed by atoms with van der Waals surface area (Å²) in [6.07, 6.45) is 11.7. The fourth-order valence-electron chi connectivity index (χ4n) is 18.0. The maximum absolute atomic E-state index is 14.0. The van der Waals surface area contributed by atoms with Crippen molar-refractivity contribution in [2.45, 2.75) is 202 Å². The Balaban J connectivity index is 0.000000189. The largest absolute Gasteiger partial charge is 0.481 e. The van der Waals surface area contributed by atoms with Gasteiger partial charge < -0.3 is 25.5 Å². The summed E-state index contributed by atoms with van der Waals surface area (Å²) in [6, 6.07) is 0. The van der Waals surface area contributed by atoms with Gasteiger partial charge in [0.1, 0.15) is 5.78 Å². The van der Waals surface area contributed by atoms with Gasteiger partial charge in [0.25, 0.3) is 0 Å². The first-order chi connectivity index (χ1) is 29.3. The Bertz CT molecular complexity index is 1690. The van der Waals surface area contributed by atoms with Gasteiger partial charge in [-0.15, -0.1) is 0 Å². The molecule has 60 heavy (non-hydrogen) atoms. The van der Waals surface area contributed by atoms with Crippen LogP contribution in [0.25, 0.3) is 0 Å². The summed E-state index contributed by atoms with van der Waals surface area (Å²) in [4.78, 5) is 36.3. The molecule has 8 nitrogen and oxygen atoms in total. The maximum atomic E-state index is 14.0. The normalized spacial score (nSPS) is 53.3. The number of hydrogen-bond donors (Lipinski definition) is 5. The number of Topliss-reactive ketones (excluding diaryl/α,β-unsaturated/α-hetero) is 1. The molecular formula is C52H86O8. The highest BCUT2D eigenvalue weighted by atomic mass is 16.4. The van der Waals surface area contributed by atoms with Crippen LogP contribution >= 0.6 is 0 Å². The van der Waals surface area contributed by atoms with Crippen molar-refractivity contribution >= 4 is 17.7 Å². The third kappa shape index (κ3) is 7.68. The Morgan fingerprint density at radius 2 is 1.07 bits per heavy atom. The second-order valence-electron chi connectivity index (χ2n) is 23.4. The first-order valence-corrected chi connectivity index (χ1v) is 24.7. The van der Waals surface area contributed by atoms with E-state index < -0.39 is 36.7 Å². The number of aliphatic hydroxyl groups excluding tert-OH is 2. The molecule has 0 aromatic heterocycles. The second kappa shape index (κ2) is 17.5. The predicted octanol–water partition coefficient (Wildman–Crippen LogP) is 10.4. The van der Waals surface area contributed by atoms with Crippen molar-refractivity contribution in [2.75, 3.05) is 0 Å². The number of carbonyl (C=O) groups is 3. The quantitative estimate of drug-likeness (QED) is 0.146. The molecule has 0 aromatic rings. The fraction of sp³-hybridized carbons (Fsp3) is 0.942. The molecule has 0 bridgehead atoms. The van der Waals surface area contributed by atoms with Gasteiger partial charge in [-0.05, 0) is 202 Å². The minimum Gasteiger partial charge on any atom is -0.481 e. The molecule has 342 valence electrons. The lowest BCUT2D eigenvalue weighted by Gasteiger charge is -2.64. The van der Waals surface area contributed by atoms with Crippen molar-refractivity contribution < 1.29 is 44.0 Å². The molecule has 2 unspecified atom stereocenters. The van der Waals surface area contributed by atoms with E-state index in [1.807, 2.05) is 13.8 Å². The highest BCUT2D eigenvalue weighted by Crippen LogP contribution is 2.71. The van der Waals surface area contributed by atoms with E-state index in [0.717, 1.165) is 77.0 Å². The summed E-state index contributed by atoms with van der Waals surface area (Å²) in [6.45, 7) is 17.5. The van der Waals surface area contributed by atoms with Crippen LogP contribution in [0.2, 0.25) is 0 Å². The monoisotopic (exact) mass is 842 g/mol. The summed E-state index contributed by atoms with van der Waals surface area (Å²) >= 11 is 0. The van der Waals surface area contributed by atoms with Gasteiger partial charge in [0.2, 0.25) is 0 Å². The van der Waals surface area contributed by atoms with Gasteiger partial charge in [0, 0.05) is 27.4 Å². The molecule has 8 aliphatic rings. The van der Waals surface area contributed by atoms with E-state index in [2.05, 4.69) is 41.5 Å². The van der Waals surface area contributed by atoms with Crippen molar-refractivity contribution in [1.29, 1.82) is 0 Å². The topological polar surface area (TPSA) is 152 Å². The number of hydrogen-bond acceptors (Lipinski definition) is 6. The Kier molecular flexibility index (Phi) is 12.4.